The Balaban J connectivity index is 2.31. The Bertz CT molecular complexity index is 425. The average molecular weight is 349 g/mol. The van der Waals surface area contributed by atoms with Crippen LogP contribution in [0.25, 0.3) is 0 Å². The summed E-state index contributed by atoms with van der Waals surface area (Å²) in [6, 6.07) is 0. The lowest BCUT2D eigenvalue weighted by molar-refractivity contribution is -0.117. The zero-order valence-corrected chi connectivity index (χ0v) is 11.7. The Morgan fingerprint density at radius 1 is 1.56 bits per heavy atom. The van der Waals surface area contributed by atoms with Crippen molar-refractivity contribution >= 4 is 49.1 Å². The fourth-order valence-corrected chi connectivity index (χ4v) is 2.52. The van der Waals surface area contributed by atoms with Crippen molar-refractivity contribution in [2.24, 2.45) is 5.92 Å². The molecule has 1 atom stereocenters. The van der Waals surface area contributed by atoms with Crippen molar-refractivity contribution in [3.8, 4) is 0 Å². The maximum absolute atomic E-state index is 11.8. The summed E-state index contributed by atoms with van der Waals surface area (Å²) in [6.07, 6.45) is 3.83. The Hall–Kier alpha value is -0.620. The number of carbonyl (C=O) groups is 1. The number of hydrogen-bond acceptors (Lipinski definition) is 3. The van der Waals surface area contributed by atoms with E-state index in [4.69, 9.17) is 5.73 Å². The van der Waals surface area contributed by atoms with Gasteiger partial charge in [0, 0.05) is 24.5 Å². The molecule has 1 aromatic rings. The van der Waals surface area contributed by atoms with Gasteiger partial charge in [0.25, 0.3) is 0 Å². The molecule has 4 nitrogen and oxygen atoms in total. The molecule has 1 fully saturated rings. The fourth-order valence-electron chi connectivity index (χ4n) is 1.77. The molecule has 0 spiro atoms. The molecule has 1 aliphatic heterocycles. The number of rotatable bonds is 2. The van der Waals surface area contributed by atoms with E-state index in [-0.39, 0.29) is 5.91 Å². The van der Waals surface area contributed by atoms with Crippen LogP contribution in [0.1, 0.15) is 6.42 Å². The number of nitrogen functional groups attached to an aromatic ring is 1. The van der Waals surface area contributed by atoms with Gasteiger partial charge < -0.3 is 10.6 Å². The Morgan fingerprint density at radius 2 is 2.31 bits per heavy atom. The Labute approximate surface area is 110 Å². The normalized spacial score (nSPS) is 20.5. The van der Waals surface area contributed by atoms with E-state index in [2.05, 4.69) is 36.8 Å². The molecule has 6 heteroatoms. The number of anilines is 2. The molecular formula is C10H11Br2N3O. The van der Waals surface area contributed by atoms with Crippen LogP contribution in [-0.2, 0) is 4.79 Å². The van der Waals surface area contributed by atoms with E-state index in [0.717, 1.165) is 9.80 Å². The lowest BCUT2D eigenvalue weighted by Crippen LogP contribution is -2.25. The third kappa shape index (κ3) is 2.08. The largest absolute Gasteiger partial charge is 0.396 e. The molecular weight excluding hydrogens is 338 g/mol. The highest BCUT2D eigenvalue weighted by atomic mass is 79.9. The highest BCUT2D eigenvalue weighted by Gasteiger charge is 2.31. The summed E-state index contributed by atoms with van der Waals surface area (Å²) in [5.74, 6) is 0.460. The van der Waals surface area contributed by atoms with Crippen molar-refractivity contribution in [1.82, 2.24) is 4.98 Å². The second kappa shape index (κ2) is 4.71. The number of amides is 1. The molecule has 1 aliphatic rings. The molecule has 0 radical (unpaired) electrons. The first kappa shape index (κ1) is 11.9. The topological polar surface area (TPSA) is 59.2 Å². The molecule has 0 aliphatic carbocycles. The minimum absolute atomic E-state index is 0.107. The summed E-state index contributed by atoms with van der Waals surface area (Å²) in [6.45, 7) is 0.701. The molecule has 1 unspecified atom stereocenters. The van der Waals surface area contributed by atoms with E-state index in [0.29, 0.717) is 30.3 Å². The van der Waals surface area contributed by atoms with Gasteiger partial charge in [-0.15, -0.1) is 0 Å². The number of aromatic nitrogens is 1. The SMILES string of the molecule is Nc1c(Br)cncc1N1CC(CBr)CC1=O. The zero-order valence-electron chi connectivity index (χ0n) is 8.49. The third-order valence-corrected chi connectivity index (χ3v) is 4.18. The van der Waals surface area contributed by atoms with Crippen LogP contribution < -0.4 is 10.6 Å². The van der Waals surface area contributed by atoms with Crippen LogP contribution in [0.15, 0.2) is 16.9 Å². The van der Waals surface area contributed by atoms with E-state index in [1.165, 1.54) is 0 Å². The molecule has 86 valence electrons. The molecule has 2 rings (SSSR count). The van der Waals surface area contributed by atoms with Crippen molar-refractivity contribution < 1.29 is 4.79 Å². The van der Waals surface area contributed by atoms with Crippen LogP contribution >= 0.6 is 31.9 Å². The van der Waals surface area contributed by atoms with Crippen LogP contribution in [0, 0.1) is 5.92 Å². The van der Waals surface area contributed by atoms with Crippen LogP contribution in [-0.4, -0.2) is 22.8 Å². The summed E-state index contributed by atoms with van der Waals surface area (Å²) in [7, 11) is 0. The van der Waals surface area contributed by atoms with Crippen molar-refractivity contribution in [3.05, 3.63) is 16.9 Å². The molecule has 0 aromatic carbocycles. The van der Waals surface area contributed by atoms with Crippen LogP contribution in [0.2, 0.25) is 0 Å². The zero-order chi connectivity index (χ0) is 11.7. The minimum Gasteiger partial charge on any atom is -0.396 e. The maximum atomic E-state index is 11.8. The second-order valence-corrected chi connectivity index (χ2v) is 5.28. The average Bonchev–Trinajstić information content (AvgIpc) is 2.64. The van der Waals surface area contributed by atoms with Crippen LogP contribution in [0.3, 0.4) is 0 Å². The number of alkyl halides is 1. The summed E-state index contributed by atoms with van der Waals surface area (Å²) in [4.78, 5) is 17.6. The molecule has 16 heavy (non-hydrogen) atoms. The van der Waals surface area contributed by atoms with E-state index >= 15 is 0 Å². The minimum atomic E-state index is 0.107. The number of carbonyl (C=O) groups excluding carboxylic acids is 1. The van der Waals surface area contributed by atoms with Gasteiger partial charge in [-0.3, -0.25) is 9.78 Å². The first-order chi connectivity index (χ1) is 7.63. The quantitative estimate of drug-likeness (QED) is 0.833. The number of halogens is 2. The van der Waals surface area contributed by atoms with E-state index in [1.54, 1.807) is 17.3 Å². The first-order valence-electron chi connectivity index (χ1n) is 4.88. The lowest BCUT2D eigenvalue weighted by atomic mass is 10.2. The molecule has 2 N–H and O–H groups in total. The molecule has 1 saturated heterocycles. The summed E-state index contributed by atoms with van der Waals surface area (Å²) in [5.41, 5.74) is 7.18. The van der Waals surface area contributed by atoms with Gasteiger partial charge >= 0.3 is 0 Å². The summed E-state index contributed by atoms with van der Waals surface area (Å²) in [5, 5.41) is 0.830. The van der Waals surface area contributed by atoms with Gasteiger partial charge in [-0.1, -0.05) is 15.9 Å². The Kier molecular flexibility index (Phi) is 3.49. The van der Waals surface area contributed by atoms with Gasteiger partial charge in [-0.05, 0) is 21.8 Å². The number of nitrogens with zero attached hydrogens (tertiary/aromatic N) is 2. The number of pyridine rings is 1. The highest BCUT2D eigenvalue weighted by Crippen LogP contribution is 2.33. The van der Waals surface area contributed by atoms with Crippen molar-refractivity contribution in [1.29, 1.82) is 0 Å². The van der Waals surface area contributed by atoms with Gasteiger partial charge in [0.1, 0.15) is 0 Å². The highest BCUT2D eigenvalue weighted by molar-refractivity contribution is 9.10. The molecule has 1 aromatic heterocycles. The Morgan fingerprint density at radius 3 is 2.94 bits per heavy atom. The molecule has 1 amide bonds. The lowest BCUT2D eigenvalue weighted by Gasteiger charge is -2.18. The first-order valence-corrected chi connectivity index (χ1v) is 6.80. The van der Waals surface area contributed by atoms with Gasteiger partial charge in [0.2, 0.25) is 5.91 Å². The molecule has 2 heterocycles. The monoisotopic (exact) mass is 347 g/mol. The van der Waals surface area contributed by atoms with Crippen molar-refractivity contribution in [2.45, 2.75) is 6.42 Å². The van der Waals surface area contributed by atoms with E-state index in [9.17, 15) is 4.79 Å². The van der Waals surface area contributed by atoms with Gasteiger partial charge in [0.05, 0.1) is 22.0 Å². The standard InChI is InChI=1S/C10H11Br2N3O/c11-2-6-1-9(16)15(5-6)8-4-14-3-7(12)10(8)13/h3-4,6H,1-2,5H2,(H2,13,14). The summed E-state index contributed by atoms with van der Waals surface area (Å²) >= 11 is 6.71. The number of hydrogen-bond donors (Lipinski definition) is 1. The van der Waals surface area contributed by atoms with Crippen LogP contribution in [0.4, 0.5) is 11.4 Å². The van der Waals surface area contributed by atoms with Gasteiger partial charge in [-0.25, -0.2) is 0 Å². The third-order valence-electron chi connectivity index (χ3n) is 2.63. The smallest absolute Gasteiger partial charge is 0.227 e. The summed E-state index contributed by atoms with van der Waals surface area (Å²) < 4.78 is 0.722. The van der Waals surface area contributed by atoms with E-state index < -0.39 is 0 Å². The van der Waals surface area contributed by atoms with Crippen molar-refractivity contribution in [2.75, 3.05) is 22.5 Å². The predicted molar refractivity (Wildman–Crippen MR) is 70.6 cm³/mol. The maximum Gasteiger partial charge on any atom is 0.227 e. The van der Waals surface area contributed by atoms with Crippen LogP contribution in [0.5, 0.6) is 0 Å². The fraction of sp³-hybridized carbons (Fsp3) is 0.400. The second-order valence-electron chi connectivity index (χ2n) is 3.78. The molecule has 0 saturated carbocycles. The van der Waals surface area contributed by atoms with E-state index in [1.807, 2.05) is 0 Å². The molecule has 0 bridgehead atoms. The van der Waals surface area contributed by atoms with Gasteiger partial charge in [0.15, 0.2) is 0 Å². The van der Waals surface area contributed by atoms with Crippen molar-refractivity contribution in [3.63, 3.8) is 0 Å². The van der Waals surface area contributed by atoms with Gasteiger partial charge in [-0.2, -0.15) is 0 Å². The number of nitrogens with two attached hydrogens (primary N) is 1. The predicted octanol–water partition coefficient (Wildman–Crippen LogP) is 2.17.